The van der Waals surface area contributed by atoms with Crippen LogP contribution in [0.15, 0.2) is 18.2 Å². The van der Waals surface area contributed by atoms with Crippen LogP contribution in [0.4, 0.5) is 5.69 Å². The van der Waals surface area contributed by atoms with Gasteiger partial charge in [-0.1, -0.05) is 11.6 Å². The number of nitrogens with two attached hydrogens (primary N) is 1. The maximum atomic E-state index is 11.0. The van der Waals surface area contributed by atoms with E-state index in [4.69, 9.17) is 22.1 Å². The van der Waals surface area contributed by atoms with Crippen LogP contribution >= 0.6 is 11.6 Å². The number of pyridine rings is 1. The SMILES string of the molecule is CCOC(=O)C=Cc1ccc(N)c(Cl)n1. The molecule has 0 saturated carbocycles. The van der Waals surface area contributed by atoms with Crippen LogP contribution in [-0.4, -0.2) is 17.6 Å². The van der Waals surface area contributed by atoms with Gasteiger partial charge in [0.25, 0.3) is 0 Å². The Kier molecular flexibility index (Phi) is 4.12. The highest BCUT2D eigenvalue weighted by Gasteiger charge is 1.98. The number of rotatable bonds is 3. The van der Waals surface area contributed by atoms with Gasteiger partial charge in [-0.05, 0) is 25.1 Å². The summed E-state index contributed by atoms with van der Waals surface area (Å²) >= 11 is 5.70. The summed E-state index contributed by atoms with van der Waals surface area (Å²) < 4.78 is 4.71. The molecule has 0 aliphatic rings. The Morgan fingerprint density at radius 1 is 1.67 bits per heavy atom. The molecule has 2 N–H and O–H groups in total. The zero-order chi connectivity index (χ0) is 11.3. The number of carbonyl (C=O) groups is 1. The molecule has 0 amide bonds. The highest BCUT2D eigenvalue weighted by molar-refractivity contribution is 6.31. The van der Waals surface area contributed by atoms with Crippen molar-refractivity contribution in [3.8, 4) is 0 Å². The Bertz CT molecular complexity index is 391. The van der Waals surface area contributed by atoms with Gasteiger partial charge in [0.05, 0.1) is 18.0 Å². The Hall–Kier alpha value is -1.55. The lowest BCUT2D eigenvalue weighted by Gasteiger charge is -1.98. The molecule has 0 aliphatic carbocycles. The maximum absolute atomic E-state index is 11.0. The van der Waals surface area contributed by atoms with E-state index >= 15 is 0 Å². The van der Waals surface area contributed by atoms with Gasteiger partial charge in [0.2, 0.25) is 0 Å². The van der Waals surface area contributed by atoms with Gasteiger partial charge < -0.3 is 10.5 Å². The summed E-state index contributed by atoms with van der Waals surface area (Å²) in [6, 6.07) is 3.29. The highest BCUT2D eigenvalue weighted by Crippen LogP contribution is 2.15. The molecule has 80 valence electrons. The lowest BCUT2D eigenvalue weighted by Crippen LogP contribution is -1.99. The van der Waals surface area contributed by atoms with Crippen molar-refractivity contribution in [3.05, 3.63) is 29.1 Å². The number of hydrogen-bond donors (Lipinski definition) is 1. The van der Waals surface area contributed by atoms with Gasteiger partial charge in [0, 0.05) is 6.08 Å². The molecule has 1 rings (SSSR count). The van der Waals surface area contributed by atoms with Crippen LogP contribution < -0.4 is 5.73 Å². The fourth-order valence-electron chi connectivity index (χ4n) is 0.896. The largest absolute Gasteiger partial charge is 0.463 e. The van der Waals surface area contributed by atoms with Gasteiger partial charge >= 0.3 is 5.97 Å². The molecule has 0 spiro atoms. The Morgan fingerprint density at radius 3 is 3.00 bits per heavy atom. The average Bonchev–Trinajstić information content (AvgIpc) is 2.20. The minimum absolute atomic E-state index is 0.223. The molecule has 5 heteroatoms. The molecule has 0 bridgehead atoms. The van der Waals surface area contributed by atoms with E-state index in [-0.39, 0.29) is 5.15 Å². The average molecular weight is 227 g/mol. The fourth-order valence-corrected chi connectivity index (χ4v) is 1.06. The van der Waals surface area contributed by atoms with Crippen LogP contribution in [-0.2, 0) is 9.53 Å². The van der Waals surface area contributed by atoms with E-state index in [1.165, 1.54) is 12.2 Å². The smallest absolute Gasteiger partial charge is 0.330 e. The first kappa shape index (κ1) is 11.5. The number of aromatic nitrogens is 1. The van der Waals surface area contributed by atoms with Crippen molar-refractivity contribution in [1.82, 2.24) is 4.98 Å². The lowest BCUT2D eigenvalue weighted by molar-refractivity contribution is -0.137. The van der Waals surface area contributed by atoms with Gasteiger partial charge in [-0.2, -0.15) is 0 Å². The van der Waals surface area contributed by atoms with E-state index in [1.807, 2.05) is 0 Å². The molecule has 1 aromatic rings. The first-order valence-electron chi connectivity index (χ1n) is 4.40. The van der Waals surface area contributed by atoms with Crippen LogP contribution in [0, 0.1) is 0 Å². The summed E-state index contributed by atoms with van der Waals surface area (Å²) in [5.74, 6) is -0.410. The van der Waals surface area contributed by atoms with Crippen LogP contribution in [0.2, 0.25) is 5.15 Å². The van der Waals surface area contributed by atoms with Crippen molar-refractivity contribution in [3.63, 3.8) is 0 Å². The van der Waals surface area contributed by atoms with Crippen molar-refractivity contribution in [1.29, 1.82) is 0 Å². The van der Waals surface area contributed by atoms with Crippen molar-refractivity contribution in [2.24, 2.45) is 0 Å². The number of hydrogen-bond acceptors (Lipinski definition) is 4. The van der Waals surface area contributed by atoms with Crippen LogP contribution in [0.25, 0.3) is 6.08 Å². The minimum atomic E-state index is -0.410. The maximum Gasteiger partial charge on any atom is 0.330 e. The van der Waals surface area contributed by atoms with E-state index in [1.54, 1.807) is 19.1 Å². The number of nitrogen functional groups attached to an aromatic ring is 1. The van der Waals surface area contributed by atoms with Gasteiger partial charge in [0.1, 0.15) is 0 Å². The standard InChI is InChI=1S/C10H11ClN2O2/c1-2-15-9(14)6-4-7-3-5-8(12)10(11)13-7/h3-6H,2,12H2,1H3. The molecular weight excluding hydrogens is 216 g/mol. The second kappa shape index (κ2) is 5.36. The molecule has 1 heterocycles. The molecule has 1 aromatic heterocycles. The van der Waals surface area contributed by atoms with Crippen molar-refractivity contribution in [2.45, 2.75) is 6.92 Å². The van der Waals surface area contributed by atoms with E-state index in [2.05, 4.69) is 4.98 Å². The molecule has 0 fully saturated rings. The van der Waals surface area contributed by atoms with E-state index < -0.39 is 5.97 Å². The first-order valence-corrected chi connectivity index (χ1v) is 4.78. The summed E-state index contributed by atoms with van der Waals surface area (Å²) in [6.45, 7) is 2.09. The topological polar surface area (TPSA) is 65.2 Å². The number of esters is 1. The van der Waals surface area contributed by atoms with Crippen molar-refractivity contribution >= 4 is 29.3 Å². The molecular formula is C10H11ClN2O2. The third kappa shape index (κ3) is 3.59. The molecule has 15 heavy (non-hydrogen) atoms. The molecule has 0 aliphatic heterocycles. The zero-order valence-corrected chi connectivity index (χ0v) is 8.99. The quantitative estimate of drug-likeness (QED) is 0.486. The second-order valence-corrected chi connectivity index (χ2v) is 3.06. The number of carbonyl (C=O) groups excluding carboxylic acids is 1. The molecule has 0 atom stereocenters. The van der Waals surface area contributed by atoms with Gasteiger partial charge in [-0.3, -0.25) is 0 Å². The van der Waals surface area contributed by atoms with E-state index in [0.717, 1.165) is 0 Å². The predicted molar refractivity (Wildman–Crippen MR) is 59.3 cm³/mol. The fraction of sp³-hybridized carbons (Fsp3) is 0.200. The Balaban J connectivity index is 2.72. The second-order valence-electron chi connectivity index (χ2n) is 2.70. The third-order valence-electron chi connectivity index (χ3n) is 1.58. The van der Waals surface area contributed by atoms with Crippen LogP contribution in [0.1, 0.15) is 12.6 Å². The Morgan fingerprint density at radius 2 is 2.40 bits per heavy atom. The zero-order valence-electron chi connectivity index (χ0n) is 8.24. The number of anilines is 1. The molecule has 4 nitrogen and oxygen atoms in total. The monoisotopic (exact) mass is 226 g/mol. The summed E-state index contributed by atoms with van der Waals surface area (Å²) in [4.78, 5) is 14.9. The molecule has 0 aromatic carbocycles. The first-order chi connectivity index (χ1) is 7.13. The summed E-state index contributed by atoms with van der Waals surface area (Å²) in [6.07, 6.45) is 2.81. The van der Waals surface area contributed by atoms with Crippen molar-refractivity contribution < 1.29 is 9.53 Å². The predicted octanol–water partition coefficient (Wildman–Crippen LogP) is 1.89. The minimum Gasteiger partial charge on any atom is -0.463 e. The number of ether oxygens (including phenoxy) is 1. The van der Waals surface area contributed by atoms with E-state index in [9.17, 15) is 4.79 Å². The van der Waals surface area contributed by atoms with E-state index in [0.29, 0.717) is 18.0 Å². The third-order valence-corrected chi connectivity index (χ3v) is 1.88. The number of halogens is 1. The normalized spacial score (nSPS) is 10.5. The van der Waals surface area contributed by atoms with Gasteiger partial charge in [0.15, 0.2) is 5.15 Å². The van der Waals surface area contributed by atoms with Crippen molar-refractivity contribution in [2.75, 3.05) is 12.3 Å². The van der Waals surface area contributed by atoms with Gasteiger partial charge in [-0.25, -0.2) is 9.78 Å². The Labute approximate surface area is 92.7 Å². The summed E-state index contributed by atoms with van der Waals surface area (Å²) in [7, 11) is 0. The molecule has 0 unspecified atom stereocenters. The summed E-state index contributed by atoms with van der Waals surface area (Å²) in [5, 5.41) is 0.223. The molecule has 0 saturated heterocycles. The highest BCUT2D eigenvalue weighted by atomic mass is 35.5. The molecule has 0 radical (unpaired) electrons. The van der Waals surface area contributed by atoms with Crippen LogP contribution in [0.5, 0.6) is 0 Å². The summed E-state index contributed by atoms with van der Waals surface area (Å²) in [5.41, 5.74) is 6.45. The van der Waals surface area contributed by atoms with Gasteiger partial charge in [-0.15, -0.1) is 0 Å². The number of nitrogens with zero attached hydrogens (tertiary/aromatic N) is 1. The van der Waals surface area contributed by atoms with Crippen LogP contribution in [0.3, 0.4) is 0 Å². The lowest BCUT2D eigenvalue weighted by atomic mass is 10.3.